The molecule has 1 aliphatic heterocycles. The van der Waals surface area contributed by atoms with Gasteiger partial charge < -0.3 is 10.0 Å². The monoisotopic (exact) mass is 364 g/mol. The fraction of sp³-hybridized carbons (Fsp3) is 0.467. The van der Waals surface area contributed by atoms with Crippen molar-refractivity contribution in [2.45, 2.75) is 31.5 Å². The van der Waals surface area contributed by atoms with Gasteiger partial charge in [0.05, 0.1) is 6.07 Å². The third-order valence-electron chi connectivity index (χ3n) is 3.71. The van der Waals surface area contributed by atoms with Crippen molar-refractivity contribution < 1.29 is 47.0 Å². The third kappa shape index (κ3) is 4.09. The summed E-state index contributed by atoms with van der Waals surface area (Å²) in [4.78, 5) is 13.8. The first-order chi connectivity index (χ1) is 9.46. The molecule has 0 aromatic heterocycles. The summed E-state index contributed by atoms with van der Waals surface area (Å²) in [5, 5.41) is 18.0. The van der Waals surface area contributed by atoms with Gasteiger partial charge in [0, 0.05) is 58.6 Å². The summed E-state index contributed by atoms with van der Waals surface area (Å²) in [5.74, 6) is -0.172. The van der Waals surface area contributed by atoms with Crippen LogP contribution in [0.3, 0.4) is 0 Å². The number of hydrogen-bond donors (Lipinski definition) is 1. The van der Waals surface area contributed by atoms with E-state index in [9.17, 15) is 14.3 Å². The average molecular weight is 364 g/mol. The van der Waals surface area contributed by atoms with Crippen LogP contribution in [0.4, 0.5) is 4.39 Å². The first kappa shape index (κ1) is 18.2. The van der Waals surface area contributed by atoms with Crippen molar-refractivity contribution in [2.24, 2.45) is 0 Å². The predicted octanol–water partition coefficient (Wildman–Crippen LogP) is 1.62. The van der Waals surface area contributed by atoms with E-state index < -0.39 is 11.8 Å². The van der Waals surface area contributed by atoms with E-state index in [0.717, 1.165) is 5.56 Å². The fourth-order valence-electron chi connectivity index (χ4n) is 2.29. The number of likely N-dealkylation sites (tertiary alicyclic amines) is 1. The van der Waals surface area contributed by atoms with Crippen LogP contribution in [0.25, 0.3) is 0 Å². The number of aliphatic hydroxyl groups excluding tert-OH is 1. The van der Waals surface area contributed by atoms with Crippen molar-refractivity contribution in [3.63, 3.8) is 0 Å². The van der Waals surface area contributed by atoms with Gasteiger partial charge in [-0.1, -0.05) is 12.5 Å². The van der Waals surface area contributed by atoms with Gasteiger partial charge in [-0.15, -0.1) is 0 Å². The Hall–Kier alpha value is -0.826. The fourth-order valence-corrected chi connectivity index (χ4v) is 2.29. The van der Waals surface area contributed by atoms with E-state index in [-0.39, 0.29) is 64.5 Å². The Labute approximate surface area is 148 Å². The molecule has 0 spiro atoms. The predicted molar refractivity (Wildman–Crippen MR) is 70.6 cm³/mol. The van der Waals surface area contributed by atoms with Crippen molar-refractivity contribution in [1.29, 1.82) is 5.26 Å². The maximum absolute atomic E-state index is 14.2. The number of halogens is 1. The molecule has 1 atom stereocenters. The number of amides is 1. The smallest absolute Gasteiger partial charge is 0.198 e. The van der Waals surface area contributed by atoms with Crippen LogP contribution in [0, 0.1) is 24.3 Å². The van der Waals surface area contributed by atoms with E-state index in [2.05, 4.69) is 6.07 Å². The molecule has 1 aliphatic rings. The number of rotatable bonds is 2. The normalized spacial score (nSPS) is 18.3. The Morgan fingerprint density at radius 3 is 2.62 bits per heavy atom. The van der Waals surface area contributed by atoms with Crippen LogP contribution < -0.4 is 0 Å². The molecule has 0 bridgehead atoms. The summed E-state index contributed by atoms with van der Waals surface area (Å²) in [6.45, 7) is 2.28. The maximum atomic E-state index is 14.2. The molecule has 2 rings (SSSR count). The SMILES string of the molecule is Cc1[c-]cc(C(=O)N2CCC(F)(C(O)C#N)CC2)cc1.[Y]. The zero-order chi connectivity index (χ0) is 14.8. The standard InChI is InChI=1S/C15H16FN2O2.Y/c1-11-2-4-12(5-3-11)14(20)18-8-6-15(16,7-9-18)13(19)10-17;/h2,4-5,13,19H,6-9H2,1H3;/q-1;. The van der Waals surface area contributed by atoms with Gasteiger partial charge >= 0.3 is 0 Å². The molecule has 4 nitrogen and oxygen atoms in total. The van der Waals surface area contributed by atoms with E-state index in [4.69, 9.17) is 5.26 Å². The Balaban J connectivity index is 0.00000220. The van der Waals surface area contributed by atoms with Gasteiger partial charge in [0.15, 0.2) is 17.7 Å². The molecule has 1 fully saturated rings. The molecule has 1 amide bonds. The second kappa shape index (κ2) is 7.44. The van der Waals surface area contributed by atoms with Gasteiger partial charge in [-0.2, -0.15) is 35.1 Å². The summed E-state index contributed by atoms with van der Waals surface area (Å²) in [7, 11) is 0. The van der Waals surface area contributed by atoms with Gasteiger partial charge in [0.25, 0.3) is 0 Å². The molecule has 6 heteroatoms. The number of aryl methyl sites for hydroxylation is 1. The number of carbonyl (C=O) groups is 1. The molecule has 1 radical (unpaired) electrons. The van der Waals surface area contributed by atoms with Crippen molar-refractivity contribution in [1.82, 2.24) is 4.90 Å². The summed E-state index contributed by atoms with van der Waals surface area (Å²) in [6.07, 6.45) is -1.68. The van der Waals surface area contributed by atoms with Crippen LogP contribution in [0.15, 0.2) is 18.2 Å². The first-order valence-corrected chi connectivity index (χ1v) is 6.50. The van der Waals surface area contributed by atoms with Crippen molar-refractivity contribution in [2.75, 3.05) is 13.1 Å². The summed E-state index contributed by atoms with van der Waals surface area (Å²) in [5.41, 5.74) is -0.451. The summed E-state index contributed by atoms with van der Waals surface area (Å²) >= 11 is 0. The Kier molecular flexibility index (Phi) is 6.46. The number of benzene rings is 1. The second-order valence-corrected chi connectivity index (χ2v) is 5.12. The minimum Gasteiger partial charge on any atom is -0.375 e. The number of carbonyl (C=O) groups excluding carboxylic acids is 1. The van der Waals surface area contributed by atoms with E-state index in [1.54, 1.807) is 23.1 Å². The summed E-state index contributed by atoms with van der Waals surface area (Å²) < 4.78 is 14.2. The number of piperidine rings is 1. The quantitative estimate of drug-likeness (QED) is 0.641. The number of alkyl halides is 1. The van der Waals surface area contributed by atoms with Gasteiger partial charge in [0.2, 0.25) is 0 Å². The van der Waals surface area contributed by atoms with Gasteiger partial charge in [-0.3, -0.25) is 4.79 Å². The van der Waals surface area contributed by atoms with Crippen LogP contribution >= 0.6 is 0 Å². The first-order valence-electron chi connectivity index (χ1n) is 6.50. The minimum atomic E-state index is -1.91. The summed E-state index contributed by atoms with van der Waals surface area (Å²) in [6, 6.07) is 9.63. The topological polar surface area (TPSA) is 64.3 Å². The zero-order valence-electron chi connectivity index (χ0n) is 11.8. The van der Waals surface area contributed by atoms with Crippen LogP contribution in [0.2, 0.25) is 0 Å². The molecular formula is C15H16FN2O2Y-. The van der Waals surface area contributed by atoms with Gasteiger partial charge in [-0.05, 0) is 0 Å². The third-order valence-corrected chi connectivity index (χ3v) is 3.71. The van der Waals surface area contributed by atoms with Crippen LogP contribution in [0.1, 0.15) is 28.8 Å². The zero-order valence-corrected chi connectivity index (χ0v) is 14.7. The molecular weight excluding hydrogens is 348 g/mol. The molecule has 21 heavy (non-hydrogen) atoms. The molecule has 1 unspecified atom stereocenters. The van der Waals surface area contributed by atoms with Crippen molar-refractivity contribution >= 4 is 5.91 Å². The van der Waals surface area contributed by atoms with Gasteiger partial charge in [0.1, 0.15) is 0 Å². The van der Waals surface area contributed by atoms with Crippen molar-refractivity contribution in [3.05, 3.63) is 35.4 Å². The maximum Gasteiger partial charge on any atom is 0.198 e. The Morgan fingerprint density at radius 2 is 2.14 bits per heavy atom. The number of aliphatic hydroxyl groups is 1. The van der Waals surface area contributed by atoms with Crippen LogP contribution in [-0.2, 0) is 32.7 Å². The van der Waals surface area contributed by atoms with Crippen LogP contribution in [0.5, 0.6) is 0 Å². The molecule has 0 aliphatic carbocycles. The number of nitriles is 1. The number of hydrogen-bond acceptors (Lipinski definition) is 3. The molecule has 1 aromatic rings. The van der Waals surface area contributed by atoms with E-state index in [1.165, 1.54) is 6.07 Å². The number of nitrogens with zero attached hydrogens (tertiary/aromatic N) is 2. The van der Waals surface area contributed by atoms with Crippen LogP contribution in [-0.4, -0.2) is 40.8 Å². The Morgan fingerprint density at radius 1 is 1.52 bits per heavy atom. The van der Waals surface area contributed by atoms with E-state index in [0.29, 0.717) is 5.56 Å². The largest absolute Gasteiger partial charge is 0.375 e. The minimum absolute atomic E-state index is 0. The van der Waals surface area contributed by atoms with E-state index >= 15 is 0 Å². The second-order valence-electron chi connectivity index (χ2n) is 5.12. The van der Waals surface area contributed by atoms with Crippen molar-refractivity contribution in [3.8, 4) is 6.07 Å². The van der Waals surface area contributed by atoms with E-state index in [1.807, 2.05) is 6.92 Å². The van der Waals surface area contributed by atoms with Gasteiger partial charge in [-0.25, -0.2) is 4.39 Å². The molecule has 1 saturated heterocycles. The average Bonchev–Trinajstić information content (AvgIpc) is 2.47. The molecule has 1 heterocycles. The molecule has 109 valence electrons. The molecule has 1 aromatic carbocycles. The Bertz CT molecular complexity index is 534. The molecule has 1 N–H and O–H groups in total. The molecule has 0 saturated carbocycles.